The lowest BCUT2D eigenvalue weighted by Crippen LogP contribution is -2.20. The summed E-state index contributed by atoms with van der Waals surface area (Å²) in [5, 5.41) is 1.77. The summed E-state index contributed by atoms with van der Waals surface area (Å²) in [5.74, 6) is 0.174. The van der Waals surface area contributed by atoms with Gasteiger partial charge in [0.25, 0.3) is 0 Å². The molecule has 3 rings (SSSR count). The van der Waals surface area contributed by atoms with Crippen LogP contribution in [0, 0.1) is 6.92 Å². The van der Waals surface area contributed by atoms with Crippen molar-refractivity contribution in [3.8, 4) is 5.75 Å². The Hall–Kier alpha value is -2.21. The van der Waals surface area contributed by atoms with E-state index in [0.717, 1.165) is 35.4 Å². The van der Waals surface area contributed by atoms with Crippen LogP contribution >= 0.6 is 11.3 Å². The molecule has 0 radical (unpaired) electrons. The molecule has 2 aromatic rings. The smallest absolute Gasteiger partial charge is 0.313 e. The number of aryl methyl sites for hydroxylation is 1. The first-order valence-electron chi connectivity index (χ1n) is 7.57. The molecule has 120 valence electrons. The van der Waals surface area contributed by atoms with Crippen molar-refractivity contribution in [2.24, 2.45) is 0 Å². The first-order chi connectivity index (χ1) is 11.1. The van der Waals surface area contributed by atoms with Crippen molar-refractivity contribution in [1.82, 2.24) is 4.57 Å². The van der Waals surface area contributed by atoms with Crippen LogP contribution in [0.3, 0.4) is 0 Å². The number of nitrogens with zero attached hydrogens (tertiary/aromatic N) is 1. The zero-order chi connectivity index (χ0) is 16.4. The molecule has 0 aliphatic heterocycles. The van der Waals surface area contributed by atoms with Crippen LogP contribution < -0.4 is 9.61 Å². The summed E-state index contributed by atoms with van der Waals surface area (Å²) in [6.07, 6.45) is 2.19. The molecule has 0 saturated carbocycles. The molecular formula is C17H17NO4S. The third kappa shape index (κ3) is 3.27. The van der Waals surface area contributed by atoms with E-state index in [2.05, 4.69) is 0 Å². The van der Waals surface area contributed by atoms with Gasteiger partial charge in [0.15, 0.2) is 5.78 Å². The highest BCUT2D eigenvalue weighted by Gasteiger charge is 2.21. The van der Waals surface area contributed by atoms with Crippen LogP contribution in [0.2, 0.25) is 0 Å². The van der Waals surface area contributed by atoms with E-state index in [1.165, 1.54) is 0 Å². The molecule has 1 aromatic carbocycles. The van der Waals surface area contributed by atoms with E-state index in [9.17, 15) is 14.4 Å². The summed E-state index contributed by atoms with van der Waals surface area (Å²) < 4.78 is 7.00. The van der Waals surface area contributed by atoms with E-state index in [1.54, 1.807) is 28.1 Å². The summed E-state index contributed by atoms with van der Waals surface area (Å²) in [7, 11) is 0. The number of esters is 1. The van der Waals surface area contributed by atoms with Gasteiger partial charge in [-0.1, -0.05) is 23.5 Å². The van der Waals surface area contributed by atoms with Gasteiger partial charge in [0.2, 0.25) is 0 Å². The molecule has 6 heteroatoms. The minimum Gasteiger partial charge on any atom is -0.426 e. The molecule has 23 heavy (non-hydrogen) atoms. The molecule has 0 spiro atoms. The molecular weight excluding hydrogens is 314 g/mol. The summed E-state index contributed by atoms with van der Waals surface area (Å²) in [6, 6.07) is 5.23. The lowest BCUT2D eigenvalue weighted by Gasteiger charge is -2.17. The van der Waals surface area contributed by atoms with Crippen molar-refractivity contribution in [1.29, 1.82) is 0 Å². The van der Waals surface area contributed by atoms with E-state index in [-0.39, 0.29) is 17.1 Å². The molecule has 5 nitrogen and oxygen atoms in total. The molecule has 0 unspecified atom stereocenters. The fraction of sp³-hybridized carbons (Fsp3) is 0.353. The standard InChI is InChI=1S/C17H17NO4S/c1-11-10-23-17(21)18(11)9-8-16(20)22-15-7-3-4-12-13(15)5-2-6-14(12)19/h3-4,7,10H,2,5-6,8-9H2,1H3. The van der Waals surface area contributed by atoms with Crippen LogP contribution in [0.1, 0.15) is 40.9 Å². The average molecular weight is 331 g/mol. The van der Waals surface area contributed by atoms with Crippen molar-refractivity contribution in [3.05, 3.63) is 50.1 Å². The number of ether oxygens (including phenoxy) is 1. The normalized spacial score (nSPS) is 13.7. The number of thiazole rings is 1. The van der Waals surface area contributed by atoms with E-state index >= 15 is 0 Å². The molecule has 1 heterocycles. The van der Waals surface area contributed by atoms with Gasteiger partial charge in [-0.3, -0.25) is 14.4 Å². The SMILES string of the molecule is Cc1csc(=O)n1CCC(=O)Oc1cccc2c1CCCC2=O. The monoisotopic (exact) mass is 331 g/mol. The van der Waals surface area contributed by atoms with Gasteiger partial charge in [0.05, 0.1) is 6.42 Å². The first kappa shape index (κ1) is 15.7. The van der Waals surface area contributed by atoms with Crippen molar-refractivity contribution in [2.45, 2.75) is 39.2 Å². The van der Waals surface area contributed by atoms with E-state index in [1.807, 2.05) is 6.92 Å². The molecule has 1 aromatic heterocycles. The second kappa shape index (κ2) is 6.50. The van der Waals surface area contributed by atoms with Gasteiger partial charge in [-0.05, 0) is 25.8 Å². The second-order valence-corrected chi connectivity index (χ2v) is 6.40. The number of fused-ring (bicyclic) bond motifs is 1. The Balaban J connectivity index is 1.70. The highest BCUT2D eigenvalue weighted by atomic mass is 32.1. The molecule has 0 amide bonds. The van der Waals surface area contributed by atoms with Gasteiger partial charge in [-0.25, -0.2) is 0 Å². The number of hydrogen-bond acceptors (Lipinski definition) is 5. The molecule has 0 atom stereocenters. The maximum atomic E-state index is 12.1. The maximum absolute atomic E-state index is 12.1. The minimum absolute atomic E-state index is 0.0713. The number of carbonyl (C=O) groups excluding carboxylic acids is 2. The van der Waals surface area contributed by atoms with Gasteiger partial charge in [-0.15, -0.1) is 0 Å². The molecule has 1 aliphatic rings. The van der Waals surface area contributed by atoms with Gasteiger partial charge in [0.1, 0.15) is 5.75 Å². The second-order valence-electron chi connectivity index (χ2n) is 5.58. The van der Waals surface area contributed by atoms with Crippen LogP contribution in [-0.4, -0.2) is 16.3 Å². The third-order valence-corrected chi connectivity index (χ3v) is 4.88. The number of benzene rings is 1. The number of carbonyl (C=O) groups is 2. The van der Waals surface area contributed by atoms with Crippen molar-refractivity contribution in [3.63, 3.8) is 0 Å². The van der Waals surface area contributed by atoms with Crippen LogP contribution in [0.15, 0.2) is 28.4 Å². The third-order valence-electron chi connectivity index (χ3n) is 4.00. The van der Waals surface area contributed by atoms with Crippen LogP contribution in [0.4, 0.5) is 0 Å². The molecule has 0 fully saturated rings. The Morgan fingerprint density at radius 3 is 2.87 bits per heavy atom. The first-order valence-corrected chi connectivity index (χ1v) is 8.45. The van der Waals surface area contributed by atoms with Crippen molar-refractivity contribution in [2.75, 3.05) is 0 Å². The number of hydrogen-bond donors (Lipinski definition) is 0. The topological polar surface area (TPSA) is 65.4 Å². The number of aromatic nitrogens is 1. The average Bonchev–Trinajstić information content (AvgIpc) is 2.85. The molecule has 0 saturated heterocycles. The minimum atomic E-state index is -0.395. The Bertz CT molecular complexity index is 818. The Morgan fingerprint density at radius 1 is 1.30 bits per heavy atom. The van der Waals surface area contributed by atoms with Crippen LogP contribution in [0.25, 0.3) is 0 Å². The zero-order valence-electron chi connectivity index (χ0n) is 12.8. The van der Waals surface area contributed by atoms with Gasteiger partial charge in [0, 0.05) is 35.2 Å². The van der Waals surface area contributed by atoms with Crippen molar-refractivity contribution < 1.29 is 14.3 Å². The summed E-state index contributed by atoms with van der Waals surface area (Å²) >= 11 is 1.12. The number of Topliss-reactive ketones (excluding diaryl/α,β-unsaturated/α-hetero) is 1. The molecule has 1 aliphatic carbocycles. The van der Waals surface area contributed by atoms with Crippen molar-refractivity contribution >= 4 is 23.1 Å². The quantitative estimate of drug-likeness (QED) is 0.638. The van der Waals surface area contributed by atoms with Gasteiger partial charge >= 0.3 is 10.8 Å². The van der Waals surface area contributed by atoms with E-state index in [0.29, 0.717) is 24.3 Å². The highest BCUT2D eigenvalue weighted by molar-refractivity contribution is 7.07. The van der Waals surface area contributed by atoms with Crippen LogP contribution in [0.5, 0.6) is 5.75 Å². The fourth-order valence-corrected chi connectivity index (χ4v) is 3.55. The molecule has 0 bridgehead atoms. The highest BCUT2D eigenvalue weighted by Crippen LogP contribution is 2.29. The number of ketones is 1. The predicted octanol–water partition coefficient (Wildman–Crippen LogP) is 2.73. The summed E-state index contributed by atoms with van der Waals surface area (Å²) in [6.45, 7) is 2.14. The zero-order valence-corrected chi connectivity index (χ0v) is 13.6. The largest absolute Gasteiger partial charge is 0.426 e. The Labute approximate surface area is 137 Å². The number of rotatable bonds is 4. The maximum Gasteiger partial charge on any atom is 0.313 e. The van der Waals surface area contributed by atoms with Gasteiger partial charge in [-0.2, -0.15) is 0 Å². The van der Waals surface area contributed by atoms with Crippen LogP contribution in [-0.2, 0) is 17.8 Å². The fourth-order valence-electron chi connectivity index (χ4n) is 2.79. The Kier molecular flexibility index (Phi) is 4.43. The molecule has 0 N–H and O–H groups in total. The predicted molar refractivity (Wildman–Crippen MR) is 87.3 cm³/mol. The van der Waals surface area contributed by atoms with E-state index < -0.39 is 5.97 Å². The van der Waals surface area contributed by atoms with Gasteiger partial charge < -0.3 is 9.30 Å². The lowest BCUT2D eigenvalue weighted by atomic mass is 9.90. The summed E-state index contributed by atoms with van der Waals surface area (Å²) in [4.78, 5) is 35.5. The summed E-state index contributed by atoms with van der Waals surface area (Å²) in [5.41, 5.74) is 2.32. The lowest BCUT2D eigenvalue weighted by molar-refractivity contribution is -0.134. The van der Waals surface area contributed by atoms with E-state index in [4.69, 9.17) is 4.74 Å². The Morgan fingerprint density at radius 2 is 2.13 bits per heavy atom.